The highest BCUT2D eigenvalue weighted by molar-refractivity contribution is 7.17. The molecule has 0 unspecified atom stereocenters. The molecule has 0 spiro atoms. The predicted octanol–water partition coefficient (Wildman–Crippen LogP) is 4.67. The summed E-state index contributed by atoms with van der Waals surface area (Å²) in [7, 11) is 0. The Morgan fingerprint density at radius 1 is 1.20 bits per heavy atom. The minimum Gasteiger partial charge on any atom is -0.293 e. The van der Waals surface area contributed by atoms with Gasteiger partial charge in [-0.25, -0.2) is 0 Å². The number of rotatable bonds is 3. The molecule has 2 heterocycles. The smallest absolute Gasteiger partial charge is 0.175 e. The van der Waals surface area contributed by atoms with Gasteiger partial charge in [0.15, 0.2) is 5.78 Å². The lowest BCUT2D eigenvalue weighted by molar-refractivity contribution is 0.0971. The number of carbonyl (C=O) groups excluding carboxylic acids is 1. The van der Waals surface area contributed by atoms with Crippen LogP contribution in [-0.2, 0) is 0 Å². The molecule has 0 bridgehead atoms. The van der Waals surface area contributed by atoms with E-state index in [1.54, 1.807) is 0 Å². The van der Waals surface area contributed by atoms with Crippen LogP contribution in [0.3, 0.4) is 0 Å². The third kappa shape index (κ3) is 1.97. The number of carbonyl (C=O) groups is 1. The lowest BCUT2D eigenvalue weighted by Crippen LogP contribution is -1.96. The molecule has 0 atom stereocenters. The Labute approximate surface area is 128 Å². The van der Waals surface area contributed by atoms with Crippen LogP contribution in [-0.4, -0.2) is 14.5 Å². The first-order valence-electron chi connectivity index (χ1n) is 6.29. The Kier molecular flexibility index (Phi) is 2.87. The first kappa shape index (κ1) is 12.4. The number of nitrogens with zero attached hydrogens (tertiary/aromatic N) is 2. The molecule has 0 amide bonds. The summed E-state index contributed by atoms with van der Waals surface area (Å²) < 4.78 is 8.56. The lowest BCUT2D eigenvalue weighted by Gasteiger charge is -2.01. The summed E-state index contributed by atoms with van der Waals surface area (Å²) in [5.41, 5.74) is 2.55. The standard InChI is InChI=1S/C14H9ClN2OS2/c15-8-3-4-9-13(17-20-16-9)12(8)10-5-6-11(19-10)14(18)7-1-2-7/h3-7H,1-2H2. The van der Waals surface area contributed by atoms with Gasteiger partial charge in [-0.3, -0.25) is 4.79 Å². The minimum atomic E-state index is 0.244. The van der Waals surface area contributed by atoms with E-state index >= 15 is 0 Å². The van der Waals surface area contributed by atoms with Gasteiger partial charge in [0, 0.05) is 16.4 Å². The van der Waals surface area contributed by atoms with Crippen LogP contribution in [0, 0.1) is 5.92 Å². The highest BCUT2D eigenvalue weighted by atomic mass is 35.5. The van der Waals surface area contributed by atoms with E-state index in [4.69, 9.17) is 11.6 Å². The summed E-state index contributed by atoms with van der Waals surface area (Å²) in [5, 5.41) is 0.650. The van der Waals surface area contributed by atoms with Crippen molar-refractivity contribution in [2.75, 3.05) is 0 Å². The van der Waals surface area contributed by atoms with Crippen LogP contribution in [0.4, 0.5) is 0 Å². The Bertz CT molecular complexity index is 820. The van der Waals surface area contributed by atoms with Gasteiger partial charge >= 0.3 is 0 Å². The number of hydrogen-bond donors (Lipinski definition) is 0. The fourth-order valence-corrected chi connectivity index (χ4v) is 4.15. The largest absolute Gasteiger partial charge is 0.293 e. The summed E-state index contributed by atoms with van der Waals surface area (Å²) in [4.78, 5) is 13.9. The average Bonchev–Trinajstić information content (AvgIpc) is 2.99. The number of aromatic nitrogens is 2. The van der Waals surface area contributed by atoms with Crippen molar-refractivity contribution < 1.29 is 4.79 Å². The number of fused-ring (bicyclic) bond motifs is 1. The molecule has 6 heteroatoms. The van der Waals surface area contributed by atoms with Crippen molar-refractivity contribution in [1.82, 2.24) is 8.75 Å². The van der Waals surface area contributed by atoms with Gasteiger partial charge in [0.25, 0.3) is 0 Å². The van der Waals surface area contributed by atoms with Crippen LogP contribution in [0.2, 0.25) is 5.02 Å². The van der Waals surface area contributed by atoms with Gasteiger partial charge in [0.05, 0.1) is 21.6 Å². The van der Waals surface area contributed by atoms with Gasteiger partial charge in [-0.2, -0.15) is 8.75 Å². The number of hydrogen-bond acceptors (Lipinski definition) is 5. The fraction of sp³-hybridized carbons (Fsp3) is 0.214. The van der Waals surface area contributed by atoms with Crippen molar-refractivity contribution in [3.05, 3.63) is 34.2 Å². The topological polar surface area (TPSA) is 42.9 Å². The van der Waals surface area contributed by atoms with Crippen molar-refractivity contribution in [2.24, 2.45) is 5.92 Å². The SMILES string of the molecule is O=C(c1ccc(-c2c(Cl)ccc3nsnc23)s1)C1CC1. The molecule has 1 saturated carbocycles. The van der Waals surface area contributed by atoms with Gasteiger partial charge in [0.1, 0.15) is 11.0 Å². The van der Waals surface area contributed by atoms with E-state index in [0.29, 0.717) is 5.02 Å². The quantitative estimate of drug-likeness (QED) is 0.659. The van der Waals surface area contributed by atoms with Crippen LogP contribution in [0.25, 0.3) is 21.5 Å². The molecule has 3 aromatic rings. The molecule has 0 saturated heterocycles. The van der Waals surface area contributed by atoms with E-state index < -0.39 is 0 Å². The van der Waals surface area contributed by atoms with Crippen molar-refractivity contribution in [3.63, 3.8) is 0 Å². The molecule has 1 aromatic carbocycles. The Balaban J connectivity index is 1.84. The molecule has 4 rings (SSSR count). The van der Waals surface area contributed by atoms with Gasteiger partial charge < -0.3 is 0 Å². The fourth-order valence-electron chi connectivity index (χ4n) is 2.21. The van der Waals surface area contributed by atoms with E-state index in [-0.39, 0.29) is 11.7 Å². The third-order valence-corrected chi connectivity index (χ3v) is 5.40. The molecule has 1 fully saturated rings. The summed E-state index contributed by atoms with van der Waals surface area (Å²) in [6.45, 7) is 0. The maximum atomic E-state index is 12.1. The molecule has 0 N–H and O–H groups in total. The van der Waals surface area contributed by atoms with Gasteiger partial charge in [0.2, 0.25) is 0 Å². The molecule has 3 nitrogen and oxygen atoms in total. The van der Waals surface area contributed by atoms with Gasteiger partial charge in [-0.05, 0) is 37.1 Å². The predicted molar refractivity (Wildman–Crippen MR) is 82.8 cm³/mol. The molecule has 0 radical (unpaired) electrons. The molecular formula is C14H9ClN2OS2. The average molecular weight is 321 g/mol. The zero-order valence-corrected chi connectivity index (χ0v) is 12.7. The van der Waals surface area contributed by atoms with Crippen LogP contribution in [0.15, 0.2) is 24.3 Å². The molecular weight excluding hydrogens is 312 g/mol. The van der Waals surface area contributed by atoms with Crippen molar-refractivity contribution in [3.8, 4) is 10.4 Å². The monoisotopic (exact) mass is 320 g/mol. The van der Waals surface area contributed by atoms with Crippen LogP contribution >= 0.6 is 34.7 Å². The number of thiophene rings is 1. The van der Waals surface area contributed by atoms with Crippen molar-refractivity contribution in [1.29, 1.82) is 0 Å². The number of ketones is 1. The zero-order chi connectivity index (χ0) is 13.7. The first-order chi connectivity index (χ1) is 9.74. The zero-order valence-electron chi connectivity index (χ0n) is 10.3. The van der Waals surface area contributed by atoms with Crippen LogP contribution in [0.5, 0.6) is 0 Å². The normalized spacial score (nSPS) is 14.8. The second kappa shape index (κ2) is 4.62. The molecule has 1 aliphatic carbocycles. The summed E-state index contributed by atoms with van der Waals surface area (Å²) in [6, 6.07) is 7.56. The number of benzene rings is 1. The summed E-state index contributed by atoms with van der Waals surface area (Å²) in [5.74, 6) is 0.509. The molecule has 0 aliphatic heterocycles. The number of Topliss-reactive ketones (excluding diaryl/α,β-unsaturated/α-hetero) is 1. The summed E-state index contributed by atoms with van der Waals surface area (Å²) in [6.07, 6.45) is 2.05. The summed E-state index contributed by atoms with van der Waals surface area (Å²) >= 11 is 8.99. The molecule has 2 aromatic heterocycles. The van der Waals surface area contributed by atoms with E-state index in [0.717, 1.165) is 39.2 Å². The van der Waals surface area contributed by atoms with E-state index in [2.05, 4.69) is 8.75 Å². The second-order valence-corrected chi connectivity index (χ2v) is 6.88. The van der Waals surface area contributed by atoms with E-state index in [9.17, 15) is 4.79 Å². The highest BCUT2D eigenvalue weighted by Crippen LogP contribution is 2.40. The molecule has 1 aliphatic rings. The Hall–Kier alpha value is -1.30. The molecule has 100 valence electrons. The van der Waals surface area contributed by atoms with E-state index in [1.807, 2.05) is 24.3 Å². The lowest BCUT2D eigenvalue weighted by atomic mass is 10.1. The Morgan fingerprint density at radius 2 is 2.05 bits per heavy atom. The minimum absolute atomic E-state index is 0.244. The number of halogens is 1. The van der Waals surface area contributed by atoms with Gasteiger partial charge in [-0.15, -0.1) is 11.3 Å². The Morgan fingerprint density at radius 3 is 2.85 bits per heavy atom. The van der Waals surface area contributed by atoms with E-state index in [1.165, 1.54) is 23.1 Å². The third-order valence-electron chi connectivity index (χ3n) is 3.42. The van der Waals surface area contributed by atoms with Crippen molar-refractivity contribution >= 4 is 51.5 Å². The molecule has 20 heavy (non-hydrogen) atoms. The first-order valence-corrected chi connectivity index (χ1v) is 8.22. The van der Waals surface area contributed by atoms with Crippen molar-refractivity contribution in [2.45, 2.75) is 12.8 Å². The van der Waals surface area contributed by atoms with Gasteiger partial charge in [-0.1, -0.05) is 11.6 Å². The van der Waals surface area contributed by atoms with Crippen LogP contribution in [0.1, 0.15) is 22.5 Å². The second-order valence-electron chi connectivity index (χ2n) is 4.86. The van der Waals surface area contributed by atoms with Crippen LogP contribution < -0.4 is 0 Å². The maximum absolute atomic E-state index is 12.1. The maximum Gasteiger partial charge on any atom is 0.175 e. The highest BCUT2D eigenvalue weighted by Gasteiger charge is 2.31.